The zero-order valence-electron chi connectivity index (χ0n) is 26.1. The van der Waals surface area contributed by atoms with E-state index in [9.17, 15) is 9.90 Å². The summed E-state index contributed by atoms with van der Waals surface area (Å²) in [6, 6.07) is 17.6. The minimum atomic E-state index is -2.42. The third-order valence-electron chi connectivity index (χ3n) is 9.66. The molecule has 0 unspecified atom stereocenters. The van der Waals surface area contributed by atoms with Gasteiger partial charge in [-0.25, -0.2) is 0 Å². The summed E-state index contributed by atoms with van der Waals surface area (Å²) in [4.78, 5) is 44.7. The van der Waals surface area contributed by atoms with E-state index >= 15 is 9.59 Å². The van der Waals surface area contributed by atoms with Crippen LogP contribution in [-0.4, -0.2) is 61.3 Å². The number of nitrogens with zero attached hydrogens (tertiary/aromatic N) is 1. The number of rotatable bonds is 7. The molecular weight excluding hydrogens is 592 g/mol. The third-order valence-corrected chi connectivity index (χ3v) is 9.66. The van der Waals surface area contributed by atoms with Gasteiger partial charge >= 0.3 is 0 Å². The van der Waals surface area contributed by atoms with E-state index in [1.807, 2.05) is 30.3 Å². The topological polar surface area (TPSA) is 133 Å². The van der Waals surface area contributed by atoms with Crippen LogP contribution in [0.1, 0.15) is 49.3 Å². The van der Waals surface area contributed by atoms with Gasteiger partial charge in [0.15, 0.2) is 17.1 Å². The van der Waals surface area contributed by atoms with Gasteiger partial charge in [-0.05, 0) is 30.5 Å². The Morgan fingerprint density at radius 1 is 1.02 bits per heavy atom. The van der Waals surface area contributed by atoms with Crippen LogP contribution in [0.4, 0.5) is 0 Å². The Morgan fingerprint density at radius 2 is 1.76 bits per heavy atom. The van der Waals surface area contributed by atoms with Gasteiger partial charge in [0.25, 0.3) is 0 Å². The van der Waals surface area contributed by atoms with Crippen molar-refractivity contribution in [2.75, 3.05) is 27.6 Å². The number of carbonyl (C=O) groups excluding carboxylic acids is 3. The number of methoxy groups -OCH3 is 2. The second kappa shape index (κ2) is 10.9. The number of hydrogen-bond acceptors (Lipinski definition) is 9. The number of aliphatic hydroxyl groups is 1. The summed E-state index contributed by atoms with van der Waals surface area (Å²) in [5.74, 6) is -2.75. The van der Waals surface area contributed by atoms with Crippen molar-refractivity contribution >= 4 is 17.6 Å². The van der Waals surface area contributed by atoms with E-state index in [1.54, 1.807) is 56.2 Å². The predicted molar refractivity (Wildman–Crippen MR) is 164 cm³/mol. The van der Waals surface area contributed by atoms with Gasteiger partial charge in [-0.2, -0.15) is 0 Å². The van der Waals surface area contributed by atoms with Gasteiger partial charge in [0.1, 0.15) is 17.7 Å². The van der Waals surface area contributed by atoms with E-state index in [1.165, 1.54) is 7.11 Å². The van der Waals surface area contributed by atoms with Crippen LogP contribution in [0.15, 0.2) is 60.7 Å². The molecule has 11 heteroatoms. The van der Waals surface area contributed by atoms with E-state index in [-0.39, 0.29) is 41.4 Å². The standard InChI is InChI=1S/C35H36N2O9/c1-19(2)31(38)36-25-11-8-16-37(25)32(39)28-26(20-9-6-5-7-10-20)35(21-12-14-22(42-3)15-13-21)33(40)34(28,41)27-23(46-35)17-24-29(30(27)43-4)45-18-44-24/h5-7,9-10,12-15,17,19,25-26,28,41H,8,11,16,18H2,1-4H3,(H,36,38)/t25-,26+,28+,34-,35-/m0/s1. The number of nitrogens with one attached hydrogen (secondary N) is 1. The highest BCUT2D eigenvalue weighted by molar-refractivity contribution is 6.08. The molecular formula is C35H36N2O9. The van der Waals surface area contributed by atoms with Crippen molar-refractivity contribution in [3.63, 3.8) is 0 Å². The summed E-state index contributed by atoms with van der Waals surface area (Å²) in [5, 5.41) is 16.1. The molecule has 4 aliphatic rings. The van der Waals surface area contributed by atoms with Crippen LogP contribution in [0.3, 0.4) is 0 Å². The number of ether oxygens (including phenoxy) is 5. The van der Waals surface area contributed by atoms with E-state index in [2.05, 4.69) is 5.32 Å². The van der Waals surface area contributed by atoms with Gasteiger partial charge in [-0.3, -0.25) is 14.4 Å². The molecule has 11 nitrogen and oxygen atoms in total. The lowest BCUT2D eigenvalue weighted by atomic mass is 9.75. The van der Waals surface area contributed by atoms with Crippen LogP contribution in [0, 0.1) is 11.8 Å². The lowest BCUT2D eigenvalue weighted by molar-refractivity contribution is -0.159. The van der Waals surface area contributed by atoms with Crippen molar-refractivity contribution in [2.24, 2.45) is 11.8 Å². The number of Topliss-reactive ketones (excluding diaryl/α,β-unsaturated/α-hetero) is 1. The molecule has 46 heavy (non-hydrogen) atoms. The molecule has 3 aliphatic heterocycles. The van der Waals surface area contributed by atoms with Gasteiger partial charge in [0.05, 0.1) is 31.6 Å². The summed E-state index contributed by atoms with van der Waals surface area (Å²) in [6.07, 6.45) is 0.578. The Labute approximate surface area is 266 Å². The lowest BCUT2D eigenvalue weighted by Gasteiger charge is -2.40. The Balaban J connectivity index is 1.50. The summed E-state index contributed by atoms with van der Waals surface area (Å²) in [6.45, 7) is 3.82. The van der Waals surface area contributed by atoms with Gasteiger partial charge in [0, 0.05) is 24.1 Å². The maximum Gasteiger partial charge on any atom is 0.231 e. The number of amides is 2. The first-order valence-electron chi connectivity index (χ1n) is 15.4. The van der Waals surface area contributed by atoms with Crippen molar-refractivity contribution in [3.8, 4) is 28.7 Å². The first-order valence-corrected chi connectivity index (χ1v) is 15.4. The van der Waals surface area contributed by atoms with Crippen molar-refractivity contribution in [1.82, 2.24) is 10.2 Å². The number of ketones is 1. The van der Waals surface area contributed by atoms with E-state index in [0.29, 0.717) is 42.0 Å². The van der Waals surface area contributed by atoms with E-state index in [0.717, 1.165) is 0 Å². The Hall–Kier alpha value is -4.77. The molecule has 1 saturated carbocycles. The van der Waals surface area contributed by atoms with Crippen LogP contribution in [-0.2, 0) is 25.6 Å². The molecule has 2 N–H and O–H groups in total. The van der Waals surface area contributed by atoms with Crippen molar-refractivity contribution in [1.29, 1.82) is 0 Å². The maximum atomic E-state index is 15.2. The first kappa shape index (κ1) is 29.9. The largest absolute Gasteiger partial charge is 0.497 e. The fourth-order valence-electron chi connectivity index (χ4n) is 7.53. The number of likely N-dealkylation sites (tertiary alicyclic amines) is 1. The van der Waals surface area contributed by atoms with Crippen molar-refractivity contribution in [3.05, 3.63) is 77.4 Å². The van der Waals surface area contributed by atoms with Crippen LogP contribution < -0.4 is 29.0 Å². The van der Waals surface area contributed by atoms with Crippen molar-refractivity contribution < 1.29 is 43.2 Å². The van der Waals surface area contributed by atoms with Crippen LogP contribution in [0.2, 0.25) is 0 Å². The quantitative estimate of drug-likeness (QED) is 0.403. The zero-order valence-corrected chi connectivity index (χ0v) is 26.1. The Bertz CT molecular complexity index is 1710. The molecule has 1 saturated heterocycles. The number of carbonyl (C=O) groups is 3. The molecule has 0 spiro atoms. The third kappa shape index (κ3) is 4.10. The monoisotopic (exact) mass is 628 g/mol. The lowest BCUT2D eigenvalue weighted by Crippen LogP contribution is -2.54. The highest BCUT2D eigenvalue weighted by atomic mass is 16.7. The molecule has 3 heterocycles. The summed E-state index contributed by atoms with van der Waals surface area (Å²) in [5.41, 5.74) is -3.20. The fraction of sp³-hybridized carbons (Fsp3) is 0.400. The first-order chi connectivity index (χ1) is 22.2. The van der Waals surface area contributed by atoms with E-state index in [4.69, 9.17) is 23.7 Å². The molecule has 3 aromatic carbocycles. The van der Waals surface area contributed by atoms with Crippen LogP contribution in [0.25, 0.3) is 0 Å². The maximum absolute atomic E-state index is 15.2. The van der Waals surface area contributed by atoms with Gasteiger partial charge < -0.3 is 39.0 Å². The summed E-state index contributed by atoms with van der Waals surface area (Å²) < 4.78 is 29.4. The van der Waals surface area contributed by atoms with Crippen LogP contribution >= 0.6 is 0 Å². The Kier molecular flexibility index (Phi) is 7.11. The number of fused-ring (bicyclic) bond motifs is 5. The second-order valence-electron chi connectivity index (χ2n) is 12.4. The molecule has 2 amide bonds. The number of benzene rings is 3. The molecule has 0 radical (unpaired) electrons. The van der Waals surface area contributed by atoms with Gasteiger partial charge in [0.2, 0.25) is 35.7 Å². The molecule has 2 bridgehead atoms. The highest BCUT2D eigenvalue weighted by Crippen LogP contribution is 2.68. The molecule has 1 aliphatic carbocycles. The molecule has 0 aromatic heterocycles. The number of hydrogen-bond donors (Lipinski definition) is 2. The average Bonchev–Trinajstić information content (AvgIpc) is 3.76. The average molecular weight is 629 g/mol. The summed E-state index contributed by atoms with van der Waals surface area (Å²) >= 11 is 0. The Morgan fingerprint density at radius 3 is 2.43 bits per heavy atom. The smallest absolute Gasteiger partial charge is 0.231 e. The predicted octanol–water partition coefficient (Wildman–Crippen LogP) is 3.61. The van der Waals surface area contributed by atoms with Crippen molar-refractivity contribution in [2.45, 2.75) is 50.0 Å². The van der Waals surface area contributed by atoms with Crippen LogP contribution in [0.5, 0.6) is 28.7 Å². The SMILES string of the molecule is COc1ccc([C@@]23Oc4cc5c(c(OC)c4[C@@](O)(C2=O)[C@@H](C(=O)N2CCC[C@H]2NC(=O)C(C)C)[C@H]3c2ccccc2)OCO5)cc1. The summed E-state index contributed by atoms with van der Waals surface area (Å²) in [7, 11) is 2.94. The molecule has 3 aromatic rings. The van der Waals surface area contributed by atoms with Gasteiger partial charge in [-0.1, -0.05) is 56.3 Å². The normalized spacial score (nSPS) is 27.3. The molecule has 7 rings (SSSR count). The molecule has 5 atom stereocenters. The minimum Gasteiger partial charge on any atom is -0.497 e. The molecule has 2 fully saturated rings. The van der Waals surface area contributed by atoms with E-state index < -0.39 is 40.9 Å². The zero-order chi connectivity index (χ0) is 32.4. The molecule has 240 valence electrons. The van der Waals surface area contributed by atoms with Gasteiger partial charge in [-0.15, -0.1) is 0 Å². The highest BCUT2D eigenvalue weighted by Gasteiger charge is 2.77. The second-order valence-corrected chi connectivity index (χ2v) is 12.4. The fourth-order valence-corrected chi connectivity index (χ4v) is 7.53. The minimum absolute atomic E-state index is 0.00660.